The number of rotatable bonds is 11. The van der Waals surface area contributed by atoms with Gasteiger partial charge in [-0.2, -0.15) is 0 Å². The van der Waals surface area contributed by atoms with Crippen LogP contribution in [-0.2, 0) is 38.8 Å². The van der Waals surface area contributed by atoms with Crippen LogP contribution in [0.25, 0.3) is 0 Å². The van der Waals surface area contributed by atoms with E-state index in [0.717, 1.165) is 16.7 Å². The van der Waals surface area contributed by atoms with Crippen molar-refractivity contribution in [1.82, 2.24) is 9.55 Å². The minimum absolute atomic E-state index is 0.204. The summed E-state index contributed by atoms with van der Waals surface area (Å²) in [5, 5.41) is 0.530. The van der Waals surface area contributed by atoms with Gasteiger partial charge in [0.25, 0.3) is 0 Å². The van der Waals surface area contributed by atoms with E-state index in [1.807, 2.05) is 71.3 Å². The second-order valence-electron chi connectivity index (χ2n) is 9.09. The highest BCUT2D eigenvalue weighted by Crippen LogP contribution is 2.33. The molecule has 6 nitrogen and oxygen atoms in total. The Bertz CT molecular complexity index is 1210. The lowest BCUT2D eigenvalue weighted by Gasteiger charge is -2.43. The van der Waals surface area contributed by atoms with Crippen molar-refractivity contribution in [1.29, 1.82) is 0 Å². The Hall–Kier alpha value is -3.00. The van der Waals surface area contributed by atoms with Crippen molar-refractivity contribution in [3.05, 3.63) is 125 Å². The van der Waals surface area contributed by atoms with E-state index < -0.39 is 6.10 Å². The summed E-state index contributed by atoms with van der Waals surface area (Å²) in [6.07, 6.45) is 2.30. The van der Waals surface area contributed by atoms with Gasteiger partial charge in [0.2, 0.25) is 0 Å². The number of benzene rings is 3. The number of halogens is 1. The van der Waals surface area contributed by atoms with Gasteiger partial charge in [0.15, 0.2) is 0 Å². The Morgan fingerprint density at radius 1 is 0.757 bits per heavy atom. The van der Waals surface area contributed by atoms with Gasteiger partial charge in [0.1, 0.15) is 23.5 Å². The Labute approximate surface area is 222 Å². The largest absolute Gasteiger partial charge is 0.374 e. The van der Waals surface area contributed by atoms with Gasteiger partial charge in [-0.3, -0.25) is 0 Å². The number of hydrogen-bond donors (Lipinski definition) is 0. The van der Waals surface area contributed by atoms with Gasteiger partial charge in [-0.25, -0.2) is 4.98 Å². The predicted molar refractivity (Wildman–Crippen MR) is 142 cm³/mol. The SMILES string of the molecule is Clc1cncn1[C@@H]1COC(COCc2ccccc2)C(OCc2ccccc2)C1OCc1ccccc1. The van der Waals surface area contributed by atoms with Crippen LogP contribution in [0.5, 0.6) is 0 Å². The second-order valence-corrected chi connectivity index (χ2v) is 9.47. The summed E-state index contributed by atoms with van der Waals surface area (Å²) < 4.78 is 27.5. The van der Waals surface area contributed by atoms with Crippen molar-refractivity contribution in [2.24, 2.45) is 0 Å². The molecule has 0 saturated carbocycles. The standard InChI is InChI=1S/C30H31ClN2O4/c31-28-16-32-22-33(28)26-20-35-27(21-34-17-23-10-4-1-5-11-23)30(37-19-25-14-8-3-9-15-25)29(26)36-18-24-12-6-2-7-13-24/h1-16,22,26-27,29-30H,17-21H2/t26-,27?,29?,30?/m1/s1. The zero-order chi connectivity index (χ0) is 25.3. The first kappa shape index (κ1) is 25.6. The number of hydrogen-bond acceptors (Lipinski definition) is 5. The lowest BCUT2D eigenvalue weighted by atomic mass is 9.97. The molecule has 3 aromatic carbocycles. The molecular weight excluding hydrogens is 488 g/mol. The van der Waals surface area contributed by atoms with Crippen LogP contribution in [0.4, 0.5) is 0 Å². The third-order valence-electron chi connectivity index (χ3n) is 6.49. The lowest BCUT2D eigenvalue weighted by molar-refractivity contribution is -0.215. The third-order valence-corrected chi connectivity index (χ3v) is 6.78. The number of nitrogens with zero attached hydrogens (tertiary/aromatic N) is 2. The van der Waals surface area contributed by atoms with E-state index in [1.165, 1.54) is 0 Å². The van der Waals surface area contributed by atoms with Gasteiger partial charge in [-0.05, 0) is 16.7 Å². The van der Waals surface area contributed by atoms with Crippen molar-refractivity contribution < 1.29 is 18.9 Å². The van der Waals surface area contributed by atoms with E-state index in [9.17, 15) is 0 Å². The van der Waals surface area contributed by atoms with Gasteiger partial charge in [0, 0.05) is 0 Å². The average molecular weight is 519 g/mol. The quantitative estimate of drug-likeness (QED) is 0.249. The van der Waals surface area contributed by atoms with Crippen LogP contribution in [0.3, 0.4) is 0 Å². The number of aromatic nitrogens is 2. The van der Waals surface area contributed by atoms with Crippen LogP contribution in [0.15, 0.2) is 104 Å². The smallest absolute Gasteiger partial charge is 0.129 e. The average Bonchev–Trinajstić information content (AvgIpc) is 3.38. The Balaban J connectivity index is 1.37. The van der Waals surface area contributed by atoms with Crippen molar-refractivity contribution in [3.63, 3.8) is 0 Å². The van der Waals surface area contributed by atoms with Gasteiger partial charge in [0.05, 0.1) is 51.6 Å². The summed E-state index contributed by atoms with van der Waals surface area (Å²) in [4.78, 5) is 4.22. The Morgan fingerprint density at radius 3 is 1.84 bits per heavy atom. The predicted octanol–water partition coefficient (Wildman–Crippen LogP) is 5.86. The van der Waals surface area contributed by atoms with Crippen LogP contribution in [0, 0.1) is 0 Å². The van der Waals surface area contributed by atoms with Gasteiger partial charge >= 0.3 is 0 Å². The van der Waals surface area contributed by atoms with Gasteiger partial charge in [-0.1, -0.05) is 103 Å². The fourth-order valence-corrected chi connectivity index (χ4v) is 4.79. The minimum Gasteiger partial charge on any atom is -0.374 e. The Kier molecular flexibility index (Phi) is 9.00. The monoisotopic (exact) mass is 518 g/mol. The first-order chi connectivity index (χ1) is 18.3. The molecule has 37 heavy (non-hydrogen) atoms. The zero-order valence-electron chi connectivity index (χ0n) is 20.6. The van der Waals surface area contributed by atoms with Gasteiger partial charge < -0.3 is 23.5 Å². The highest BCUT2D eigenvalue weighted by Gasteiger charge is 2.43. The van der Waals surface area contributed by atoms with Crippen LogP contribution in [0.1, 0.15) is 22.7 Å². The molecule has 1 aliphatic heterocycles. The number of ether oxygens (including phenoxy) is 4. The second kappa shape index (κ2) is 13.0. The summed E-state index contributed by atoms with van der Waals surface area (Å²) in [6.45, 7) is 2.15. The molecule has 7 heteroatoms. The first-order valence-corrected chi connectivity index (χ1v) is 12.9. The van der Waals surface area contributed by atoms with Gasteiger partial charge in [-0.15, -0.1) is 0 Å². The van der Waals surface area contributed by atoms with Crippen molar-refractivity contribution in [2.45, 2.75) is 44.2 Å². The lowest BCUT2D eigenvalue weighted by Crippen LogP contribution is -2.54. The molecular formula is C30H31ClN2O4. The third kappa shape index (κ3) is 6.86. The first-order valence-electron chi connectivity index (χ1n) is 12.5. The van der Waals surface area contributed by atoms with E-state index >= 15 is 0 Å². The molecule has 0 spiro atoms. The maximum atomic E-state index is 6.59. The summed E-state index contributed by atoms with van der Waals surface area (Å²) in [7, 11) is 0. The fourth-order valence-electron chi connectivity index (χ4n) is 4.57. The Morgan fingerprint density at radius 2 is 1.30 bits per heavy atom. The molecule has 1 fully saturated rings. The summed E-state index contributed by atoms with van der Waals surface area (Å²) >= 11 is 6.49. The molecule has 0 bridgehead atoms. The summed E-state index contributed by atoms with van der Waals surface area (Å²) in [5.74, 6) is 0. The highest BCUT2D eigenvalue weighted by atomic mass is 35.5. The van der Waals surface area contributed by atoms with E-state index in [4.69, 9.17) is 30.5 Å². The van der Waals surface area contributed by atoms with Crippen LogP contribution in [-0.4, -0.2) is 41.1 Å². The molecule has 0 radical (unpaired) electrons. The highest BCUT2D eigenvalue weighted by molar-refractivity contribution is 6.29. The molecule has 0 N–H and O–H groups in total. The molecule has 1 saturated heterocycles. The molecule has 192 valence electrons. The summed E-state index contributed by atoms with van der Waals surface area (Å²) in [6, 6.07) is 30.1. The molecule has 0 amide bonds. The molecule has 5 rings (SSSR count). The van der Waals surface area contributed by atoms with E-state index in [1.54, 1.807) is 12.5 Å². The van der Waals surface area contributed by atoms with Crippen LogP contribution < -0.4 is 0 Å². The normalized spacial score (nSPS) is 21.6. The molecule has 3 unspecified atom stereocenters. The van der Waals surface area contributed by atoms with E-state index in [2.05, 4.69) is 29.2 Å². The van der Waals surface area contributed by atoms with Crippen molar-refractivity contribution >= 4 is 11.6 Å². The van der Waals surface area contributed by atoms with Crippen LogP contribution >= 0.6 is 11.6 Å². The molecule has 4 atom stereocenters. The molecule has 0 aliphatic carbocycles. The molecule has 4 aromatic rings. The van der Waals surface area contributed by atoms with Crippen LogP contribution in [0.2, 0.25) is 5.15 Å². The topological polar surface area (TPSA) is 54.7 Å². The molecule has 1 aliphatic rings. The molecule has 2 heterocycles. The van der Waals surface area contributed by atoms with E-state index in [-0.39, 0.29) is 18.2 Å². The fraction of sp³-hybridized carbons (Fsp3) is 0.300. The maximum Gasteiger partial charge on any atom is 0.129 e. The summed E-state index contributed by atoms with van der Waals surface area (Å²) in [5.41, 5.74) is 3.28. The van der Waals surface area contributed by atoms with E-state index in [0.29, 0.717) is 38.2 Å². The molecule has 1 aromatic heterocycles. The number of imidazole rings is 1. The van der Waals surface area contributed by atoms with Crippen molar-refractivity contribution in [2.75, 3.05) is 13.2 Å². The zero-order valence-corrected chi connectivity index (χ0v) is 21.3. The van der Waals surface area contributed by atoms with Crippen molar-refractivity contribution in [3.8, 4) is 0 Å². The maximum absolute atomic E-state index is 6.59. The minimum atomic E-state index is -0.392.